The minimum atomic E-state index is -0.0950. The normalized spacial score (nSPS) is 15.8. The van der Waals surface area contributed by atoms with Gasteiger partial charge in [-0.25, -0.2) is 0 Å². The minimum absolute atomic E-state index is 0.00808. The summed E-state index contributed by atoms with van der Waals surface area (Å²) in [5, 5.41) is 5.24. The molecule has 3 aromatic rings. The smallest absolute Gasteiger partial charge is 0.258 e. The Bertz CT molecular complexity index is 967. The molecule has 4 nitrogen and oxygen atoms in total. The minimum Gasteiger partial charge on any atom is -0.497 e. The van der Waals surface area contributed by atoms with Crippen LogP contribution in [0.1, 0.15) is 30.0 Å². The molecule has 138 valence electrons. The summed E-state index contributed by atoms with van der Waals surface area (Å²) in [6.45, 7) is 0.00808. The summed E-state index contributed by atoms with van der Waals surface area (Å²) in [7, 11) is 1.65. The van der Waals surface area contributed by atoms with Gasteiger partial charge in [-0.05, 0) is 65.4 Å². The number of aryl methyl sites for hydroxylation is 1. The molecule has 1 amide bonds. The van der Waals surface area contributed by atoms with E-state index >= 15 is 0 Å². The molecule has 3 aromatic carbocycles. The molecule has 0 aromatic heterocycles. The first kappa shape index (κ1) is 17.4. The molecule has 1 aliphatic carbocycles. The van der Waals surface area contributed by atoms with Crippen molar-refractivity contribution in [1.29, 1.82) is 0 Å². The van der Waals surface area contributed by atoms with Crippen molar-refractivity contribution in [2.45, 2.75) is 25.3 Å². The van der Waals surface area contributed by atoms with E-state index in [4.69, 9.17) is 9.47 Å². The molecule has 0 fully saturated rings. The molecule has 0 radical (unpaired) electrons. The molecule has 0 unspecified atom stereocenters. The molecule has 1 atom stereocenters. The Morgan fingerprint density at radius 3 is 2.67 bits per heavy atom. The van der Waals surface area contributed by atoms with Gasteiger partial charge in [0.2, 0.25) is 0 Å². The highest BCUT2D eigenvalue weighted by molar-refractivity contribution is 5.85. The van der Waals surface area contributed by atoms with Crippen molar-refractivity contribution in [3.63, 3.8) is 0 Å². The van der Waals surface area contributed by atoms with Crippen molar-refractivity contribution >= 4 is 16.7 Å². The molecule has 1 N–H and O–H groups in total. The van der Waals surface area contributed by atoms with Crippen LogP contribution < -0.4 is 14.8 Å². The van der Waals surface area contributed by atoms with E-state index in [1.54, 1.807) is 7.11 Å². The maximum Gasteiger partial charge on any atom is 0.258 e. The van der Waals surface area contributed by atoms with Gasteiger partial charge in [-0.15, -0.1) is 0 Å². The first-order valence-electron chi connectivity index (χ1n) is 9.31. The number of hydrogen-bond donors (Lipinski definition) is 1. The zero-order valence-corrected chi connectivity index (χ0v) is 15.4. The van der Waals surface area contributed by atoms with E-state index in [0.29, 0.717) is 5.75 Å². The lowest BCUT2D eigenvalue weighted by molar-refractivity contribution is -0.123. The van der Waals surface area contributed by atoms with Crippen LogP contribution in [-0.4, -0.2) is 19.6 Å². The molecular weight excluding hydrogens is 338 g/mol. The van der Waals surface area contributed by atoms with Gasteiger partial charge in [0.05, 0.1) is 13.2 Å². The Kier molecular flexibility index (Phi) is 4.97. The quantitative estimate of drug-likeness (QED) is 0.732. The van der Waals surface area contributed by atoms with Gasteiger partial charge in [0.1, 0.15) is 11.5 Å². The summed E-state index contributed by atoms with van der Waals surface area (Å²) in [4.78, 5) is 12.4. The Labute approximate surface area is 159 Å². The predicted molar refractivity (Wildman–Crippen MR) is 106 cm³/mol. The molecule has 0 bridgehead atoms. The molecule has 0 heterocycles. The molecule has 1 aliphatic rings. The maximum absolute atomic E-state index is 12.4. The van der Waals surface area contributed by atoms with E-state index in [-0.39, 0.29) is 18.6 Å². The van der Waals surface area contributed by atoms with E-state index in [1.165, 1.54) is 11.1 Å². The largest absolute Gasteiger partial charge is 0.497 e. The van der Waals surface area contributed by atoms with Gasteiger partial charge < -0.3 is 14.8 Å². The zero-order valence-electron chi connectivity index (χ0n) is 15.4. The van der Waals surface area contributed by atoms with Crippen LogP contribution in [-0.2, 0) is 11.2 Å². The SMILES string of the molecule is COc1ccc2ccc(OCC(=O)N[C@@H]3CCCc4ccccc43)cc2c1. The number of nitrogens with one attached hydrogen (secondary N) is 1. The Balaban J connectivity index is 1.40. The van der Waals surface area contributed by atoms with Crippen LogP contribution in [0, 0.1) is 0 Å². The summed E-state index contributed by atoms with van der Waals surface area (Å²) < 4.78 is 11.0. The fourth-order valence-electron chi connectivity index (χ4n) is 3.71. The number of rotatable bonds is 5. The average Bonchev–Trinajstić information content (AvgIpc) is 2.72. The lowest BCUT2D eigenvalue weighted by Gasteiger charge is -2.26. The summed E-state index contributed by atoms with van der Waals surface area (Å²) in [5.41, 5.74) is 2.56. The second-order valence-electron chi connectivity index (χ2n) is 6.87. The number of carbonyl (C=O) groups excluding carboxylic acids is 1. The van der Waals surface area contributed by atoms with Crippen LogP contribution in [0.15, 0.2) is 60.7 Å². The molecule has 0 spiro atoms. The summed E-state index contributed by atoms with van der Waals surface area (Å²) in [6, 6.07) is 20.1. The highest BCUT2D eigenvalue weighted by Crippen LogP contribution is 2.29. The van der Waals surface area contributed by atoms with Gasteiger partial charge in [0, 0.05) is 0 Å². The second-order valence-corrected chi connectivity index (χ2v) is 6.87. The topological polar surface area (TPSA) is 47.6 Å². The molecule has 27 heavy (non-hydrogen) atoms. The van der Waals surface area contributed by atoms with Gasteiger partial charge >= 0.3 is 0 Å². The molecular formula is C23H23NO3. The standard InChI is InChI=1S/C23H23NO3/c1-26-19-11-9-16-10-12-20(14-18(16)13-19)27-15-23(25)24-22-8-4-6-17-5-2-3-7-21(17)22/h2-3,5,7,9-14,22H,4,6,8,15H2,1H3,(H,24,25)/t22-/m1/s1. The fourth-order valence-corrected chi connectivity index (χ4v) is 3.71. The van der Waals surface area contributed by atoms with Crippen molar-refractivity contribution in [2.24, 2.45) is 0 Å². The molecule has 0 saturated carbocycles. The maximum atomic E-state index is 12.4. The van der Waals surface area contributed by atoms with Gasteiger partial charge in [-0.1, -0.05) is 36.4 Å². The zero-order chi connectivity index (χ0) is 18.6. The van der Waals surface area contributed by atoms with E-state index in [1.807, 2.05) is 42.5 Å². The summed E-state index contributed by atoms with van der Waals surface area (Å²) >= 11 is 0. The van der Waals surface area contributed by atoms with E-state index in [9.17, 15) is 4.79 Å². The van der Waals surface area contributed by atoms with Gasteiger partial charge in [0.15, 0.2) is 6.61 Å². The molecule has 4 heteroatoms. The van der Waals surface area contributed by atoms with Crippen molar-refractivity contribution in [3.05, 3.63) is 71.8 Å². The summed E-state index contributed by atoms with van der Waals surface area (Å²) in [6.07, 6.45) is 3.15. The van der Waals surface area contributed by atoms with Crippen molar-refractivity contribution in [3.8, 4) is 11.5 Å². The third kappa shape index (κ3) is 3.90. The van der Waals surface area contributed by atoms with Crippen LogP contribution in [0.5, 0.6) is 11.5 Å². The van der Waals surface area contributed by atoms with Crippen molar-refractivity contribution in [1.82, 2.24) is 5.32 Å². The lowest BCUT2D eigenvalue weighted by Crippen LogP contribution is -2.34. The number of benzene rings is 3. The van der Waals surface area contributed by atoms with E-state index in [2.05, 4.69) is 23.5 Å². The number of hydrogen-bond acceptors (Lipinski definition) is 3. The third-order valence-corrected chi connectivity index (χ3v) is 5.09. The molecule has 0 saturated heterocycles. The first-order chi connectivity index (χ1) is 13.2. The van der Waals surface area contributed by atoms with Crippen LogP contribution in [0.4, 0.5) is 0 Å². The van der Waals surface area contributed by atoms with E-state index in [0.717, 1.165) is 35.8 Å². The monoisotopic (exact) mass is 361 g/mol. The van der Waals surface area contributed by atoms with Crippen LogP contribution in [0.2, 0.25) is 0 Å². The highest BCUT2D eigenvalue weighted by atomic mass is 16.5. The van der Waals surface area contributed by atoms with Crippen molar-refractivity contribution in [2.75, 3.05) is 13.7 Å². The predicted octanol–water partition coefficient (Wildman–Crippen LogP) is 4.42. The number of carbonyl (C=O) groups is 1. The second kappa shape index (κ2) is 7.70. The van der Waals surface area contributed by atoms with Crippen LogP contribution in [0.25, 0.3) is 10.8 Å². The number of methoxy groups -OCH3 is 1. The summed E-state index contributed by atoms with van der Waals surface area (Å²) in [5.74, 6) is 1.38. The fraction of sp³-hybridized carbons (Fsp3) is 0.261. The number of fused-ring (bicyclic) bond motifs is 2. The Morgan fingerprint density at radius 2 is 1.81 bits per heavy atom. The molecule has 4 rings (SSSR count). The third-order valence-electron chi connectivity index (χ3n) is 5.09. The first-order valence-corrected chi connectivity index (χ1v) is 9.31. The van der Waals surface area contributed by atoms with Gasteiger partial charge in [-0.2, -0.15) is 0 Å². The van der Waals surface area contributed by atoms with Gasteiger partial charge in [0.25, 0.3) is 5.91 Å². The average molecular weight is 361 g/mol. The number of amides is 1. The molecule has 0 aliphatic heterocycles. The Hall–Kier alpha value is -3.01. The van der Waals surface area contributed by atoms with Crippen molar-refractivity contribution < 1.29 is 14.3 Å². The van der Waals surface area contributed by atoms with Gasteiger partial charge in [-0.3, -0.25) is 4.79 Å². The number of ether oxygens (including phenoxy) is 2. The van der Waals surface area contributed by atoms with E-state index < -0.39 is 0 Å². The van der Waals surface area contributed by atoms with Crippen LogP contribution in [0.3, 0.4) is 0 Å². The highest BCUT2D eigenvalue weighted by Gasteiger charge is 2.21. The lowest BCUT2D eigenvalue weighted by atomic mass is 9.88. The van der Waals surface area contributed by atoms with Crippen LogP contribution >= 0.6 is 0 Å². The Morgan fingerprint density at radius 1 is 1.04 bits per heavy atom.